The Morgan fingerprint density at radius 3 is 2.83 bits per heavy atom. The van der Waals surface area contributed by atoms with Crippen molar-refractivity contribution in [3.8, 4) is 11.3 Å². The predicted octanol–water partition coefficient (Wildman–Crippen LogP) is 3.38. The summed E-state index contributed by atoms with van der Waals surface area (Å²) in [4.78, 5) is 20.3. The molecule has 3 rings (SSSR count). The van der Waals surface area contributed by atoms with Crippen LogP contribution in [0.25, 0.3) is 22.4 Å². The Morgan fingerprint density at radius 2 is 2.11 bits per heavy atom. The lowest BCUT2D eigenvalue weighted by Gasteiger charge is -1.97. The molecule has 0 saturated carbocycles. The second-order valence-electron chi connectivity index (χ2n) is 3.99. The Hall–Kier alpha value is -2.01. The Balaban J connectivity index is 2.17. The summed E-state index contributed by atoms with van der Waals surface area (Å²) in [6, 6.07) is 5.76. The summed E-state index contributed by atoms with van der Waals surface area (Å²) >= 11 is 1.39. The number of carbonyl (C=O) groups is 1. The summed E-state index contributed by atoms with van der Waals surface area (Å²) in [5.74, 6) is 0.644. The number of aryl methyl sites for hydroxylation is 2. The highest BCUT2D eigenvalue weighted by molar-refractivity contribution is 7.13. The number of benzene rings is 1. The number of nitrogens with zero attached hydrogens (tertiary/aromatic N) is 2. The monoisotopic (exact) mass is 258 g/mol. The zero-order valence-corrected chi connectivity index (χ0v) is 10.7. The maximum absolute atomic E-state index is 10.7. The standard InChI is InChI=1S/C13H10N2O2S/c1-7-13(15-12(6-16)18-7)9-3-4-10-11(5-9)17-8(2)14-10/h3-6H,1-2H3. The molecule has 3 aromatic rings. The lowest BCUT2D eigenvalue weighted by molar-refractivity contribution is 0.112. The molecule has 18 heavy (non-hydrogen) atoms. The highest BCUT2D eigenvalue weighted by Gasteiger charge is 2.11. The van der Waals surface area contributed by atoms with E-state index < -0.39 is 0 Å². The number of oxazole rings is 1. The number of carbonyl (C=O) groups excluding carboxylic acids is 1. The van der Waals surface area contributed by atoms with Gasteiger partial charge in [-0.15, -0.1) is 11.3 Å². The van der Waals surface area contributed by atoms with Crippen LogP contribution in [-0.4, -0.2) is 16.3 Å². The first-order valence-corrected chi connectivity index (χ1v) is 6.29. The van der Waals surface area contributed by atoms with Gasteiger partial charge in [0.2, 0.25) is 0 Å². The van der Waals surface area contributed by atoms with E-state index in [1.165, 1.54) is 11.3 Å². The number of fused-ring (bicyclic) bond motifs is 1. The second-order valence-corrected chi connectivity index (χ2v) is 5.22. The summed E-state index contributed by atoms with van der Waals surface area (Å²) in [6.07, 6.45) is 0.776. The van der Waals surface area contributed by atoms with Crippen LogP contribution in [0.1, 0.15) is 20.6 Å². The summed E-state index contributed by atoms with van der Waals surface area (Å²) in [6.45, 7) is 3.77. The number of thiazole rings is 1. The molecule has 4 nitrogen and oxygen atoms in total. The fourth-order valence-electron chi connectivity index (χ4n) is 1.92. The van der Waals surface area contributed by atoms with Gasteiger partial charge in [-0.25, -0.2) is 9.97 Å². The average molecular weight is 258 g/mol. The molecule has 0 fully saturated rings. The Labute approximate surface area is 107 Å². The lowest BCUT2D eigenvalue weighted by Crippen LogP contribution is -1.82. The highest BCUT2D eigenvalue weighted by Crippen LogP contribution is 2.29. The van der Waals surface area contributed by atoms with Crippen molar-refractivity contribution in [3.63, 3.8) is 0 Å². The summed E-state index contributed by atoms with van der Waals surface area (Å²) < 4.78 is 5.50. The normalized spacial score (nSPS) is 11.0. The molecule has 0 unspecified atom stereocenters. The van der Waals surface area contributed by atoms with Gasteiger partial charge in [-0.2, -0.15) is 0 Å². The molecule has 0 atom stereocenters. The van der Waals surface area contributed by atoms with Crippen molar-refractivity contribution in [2.24, 2.45) is 0 Å². The van der Waals surface area contributed by atoms with Crippen LogP contribution in [0.15, 0.2) is 22.6 Å². The third-order valence-electron chi connectivity index (χ3n) is 2.68. The molecule has 0 N–H and O–H groups in total. The third kappa shape index (κ3) is 1.73. The van der Waals surface area contributed by atoms with Crippen LogP contribution in [0.4, 0.5) is 0 Å². The highest BCUT2D eigenvalue weighted by atomic mass is 32.1. The van der Waals surface area contributed by atoms with Gasteiger partial charge >= 0.3 is 0 Å². The van der Waals surface area contributed by atoms with Gasteiger partial charge in [-0.1, -0.05) is 6.07 Å². The van der Waals surface area contributed by atoms with Crippen molar-refractivity contribution in [2.75, 3.05) is 0 Å². The minimum Gasteiger partial charge on any atom is -0.441 e. The van der Waals surface area contributed by atoms with E-state index in [0.717, 1.165) is 33.5 Å². The molecule has 2 aromatic heterocycles. The van der Waals surface area contributed by atoms with E-state index in [4.69, 9.17) is 4.42 Å². The maximum Gasteiger partial charge on any atom is 0.192 e. The smallest absolute Gasteiger partial charge is 0.192 e. The molecule has 90 valence electrons. The first-order chi connectivity index (χ1) is 8.67. The van der Waals surface area contributed by atoms with Crippen molar-refractivity contribution in [1.29, 1.82) is 0 Å². The Bertz CT molecular complexity index is 743. The van der Waals surface area contributed by atoms with Crippen molar-refractivity contribution in [3.05, 3.63) is 34.0 Å². The van der Waals surface area contributed by atoms with Crippen LogP contribution in [0.3, 0.4) is 0 Å². The molecule has 0 radical (unpaired) electrons. The number of aromatic nitrogens is 2. The van der Waals surface area contributed by atoms with Gasteiger partial charge in [0, 0.05) is 17.4 Å². The Morgan fingerprint density at radius 1 is 1.28 bits per heavy atom. The molecule has 2 heterocycles. The van der Waals surface area contributed by atoms with Crippen LogP contribution >= 0.6 is 11.3 Å². The zero-order chi connectivity index (χ0) is 12.7. The number of hydrogen-bond acceptors (Lipinski definition) is 5. The molecular weight excluding hydrogens is 248 g/mol. The topological polar surface area (TPSA) is 56.0 Å². The van der Waals surface area contributed by atoms with Crippen LogP contribution < -0.4 is 0 Å². The van der Waals surface area contributed by atoms with Gasteiger partial charge in [0.05, 0.1) is 5.69 Å². The van der Waals surface area contributed by atoms with Gasteiger partial charge in [0.1, 0.15) is 5.52 Å². The lowest BCUT2D eigenvalue weighted by atomic mass is 10.1. The van der Waals surface area contributed by atoms with E-state index in [9.17, 15) is 4.79 Å². The molecule has 5 heteroatoms. The third-order valence-corrected chi connectivity index (χ3v) is 3.58. The molecule has 0 aliphatic rings. The number of hydrogen-bond donors (Lipinski definition) is 0. The maximum atomic E-state index is 10.7. The molecular formula is C13H10N2O2S. The molecule has 0 aliphatic heterocycles. The molecule has 0 amide bonds. The molecule has 1 aromatic carbocycles. The van der Waals surface area contributed by atoms with Crippen LogP contribution in [-0.2, 0) is 0 Å². The van der Waals surface area contributed by atoms with Gasteiger partial charge in [-0.3, -0.25) is 4.79 Å². The summed E-state index contributed by atoms with van der Waals surface area (Å²) in [7, 11) is 0. The minimum absolute atomic E-state index is 0.497. The fraction of sp³-hybridized carbons (Fsp3) is 0.154. The largest absolute Gasteiger partial charge is 0.441 e. The van der Waals surface area contributed by atoms with E-state index in [2.05, 4.69) is 9.97 Å². The van der Waals surface area contributed by atoms with Crippen LogP contribution in [0.2, 0.25) is 0 Å². The first-order valence-electron chi connectivity index (χ1n) is 5.47. The van der Waals surface area contributed by atoms with Crippen molar-refractivity contribution in [2.45, 2.75) is 13.8 Å². The molecule has 0 bridgehead atoms. The van der Waals surface area contributed by atoms with Crippen molar-refractivity contribution in [1.82, 2.24) is 9.97 Å². The predicted molar refractivity (Wildman–Crippen MR) is 70.0 cm³/mol. The van der Waals surface area contributed by atoms with Gasteiger partial charge in [0.15, 0.2) is 22.8 Å². The minimum atomic E-state index is 0.497. The average Bonchev–Trinajstić information content (AvgIpc) is 2.89. The first kappa shape index (κ1) is 11.1. The van der Waals surface area contributed by atoms with E-state index in [1.807, 2.05) is 32.0 Å². The van der Waals surface area contributed by atoms with Crippen molar-refractivity contribution < 1.29 is 9.21 Å². The quantitative estimate of drug-likeness (QED) is 0.661. The molecule has 0 spiro atoms. The second kappa shape index (κ2) is 4.03. The number of aldehydes is 1. The zero-order valence-electron chi connectivity index (χ0n) is 9.93. The van der Waals surface area contributed by atoms with Crippen molar-refractivity contribution >= 4 is 28.7 Å². The summed E-state index contributed by atoms with van der Waals surface area (Å²) in [5, 5.41) is 0.497. The van der Waals surface area contributed by atoms with Gasteiger partial charge < -0.3 is 4.42 Å². The van der Waals surface area contributed by atoms with E-state index >= 15 is 0 Å². The SMILES string of the molecule is Cc1nc2ccc(-c3nc(C=O)sc3C)cc2o1. The van der Waals surface area contributed by atoms with E-state index in [1.54, 1.807) is 0 Å². The Kier molecular flexibility index (Phi) is 2.48. The van der Waals surface area contributed by atoms with E-state index in [-0.39, 0.29) is 0 Å². The van der Waals surface area contributed by atoms with Gasteiger partial charge in [-0.05, 0) is 19.1 Å². The van der Waals surface area contributed by atoms with E-state index in [0.29, 0.717) is 10.9 Å². The fourth-order valence-corrected chi connectivity index (χ4v) is 2.68. The molecule has 0 aliphatic carbocycles. The van der Waals surface area contributed by atoms with Crippen LogP contribution in [0.5, 0.6) is 0 Å². The van der Waals surface area contributed by atoms with Gasteiger partial charge in [0.25, 0.3) is 0 Å². The van der Waals surface area contributed by atoms with Crippen LogP contribution in [0, 0.1) is 13.8 Å². The molecule has 0 saturated heterocycles. The summed E-state index contributed by atoms with van der Waals surface area (Å²) in [5.41, 5.74) is 3.35. The number of rotatable bonds is 2.